The van der Waals surface area contributed by atoms with Crippen LogP contribution in [0.1, 0.15) is 12.9 Å². The van der Waals surface area contributed by atoms with Crippen molar-refractivity contribution in [3.8, 4) is 12.1 Å². The SMILES string of the molecule is N#CC(C#N)c1ccc([N+](=O)[O-])cc1.[H-].[Na+]. The van der Waals surface area contributed by atoms with Crippen molar-refractivity contribution in [3.05, 3.63) is 39.9 Å². The minimum Gasteiger partial charge on any atom is -1.00 e. The van der Waals surface area contributed by atoms with Crippen molar-refractivity contribution in [2.75, 3.05) is 0 Å². The number of rotatable bonds is 2. The van der Waals surface area contributed by atoms with Gasteiger partial charge in [0.1, 0.15) is 0 Å². The summed E-state index contributed by atoms with van der Waals surface area (Å²) in [5, 5.41) is 27.4. The second-order valence-corrected chi connectivity index (χ2v) is 2.54. The second kappa shape index (κ2) is 6.15. The summed E-state index contributed by atoms with van der Waals surface area (Å²) in [4.78, 5) is 9.77. The van der Waals surface area contributed by atoms with Crippen LogP contribution in [0, 0.1) is 32.8 Å². The Kier molecular flexibility index (Phi) is 5.58. The molecule has 0 saturated carbocycles. The maximum atomic E-state index is 10.3. The van der Waals surface area contributed by atoms with Crippen molar-refractivity contribution < 1.29 is 35.9 Å². The van der Waals surface area contributed by atoms with E-state index in [0.717, 1.165) is 0 Å². The Labute approximate surface area is 110 Å². The normalized spacial score (nSPS) is 8.47. The maximum absolute atomic E-state index is 10.3. The summed E-state index contributed by atoms with van der Waals surface area (Å²) in [6.45, 7) is 0. The standard InChI is InChI=1S/C9H5N3O2.Na.H/c10-5-8(6-11)7-1-3-9(4-2-7)12(13)14;;/h1-4,8H;;/q;+1;-1. The van der Waals surface area contributed by atoms with Crippen LogP contribution in [-0.2, 0) is 0 Å². The Balaban J connectivity index is 0. The molecule has 0 unspecified atom stereocenters. The van der Waals surface area contributed by atoms with Crippen molar-refractivity contribution in [1.29, 1.82) is 10.5 Å². The average Bonchev–Trinajstić information content (AvgIpc) is 2.20. The third kappa shape index (κ3) is 3.34. The number of benzene rings is 1. The van der Waals surface area contributed by atoms with Crippen LogP contribution in [0.15, 0.2) is 24.3 Å². The first-order valence-corrected chi connectivity index (χ1v) is 3.72. The topological polar surface area (TPSA) is 90.7 Å². The number of nitro benzene ring substituents is 1. The summed E-state index contributed by atoms with van der Waals surface area (Å²) >= 11 is 0. The van der Waals surface area contributed by atoms with Gasteiger partial charge in [0.05, 0.1) is 17.1 Å². The minimum absolute atomic E-state index is 0. The van der Waals surface area contributed by atoms with Crippen molar-refractivity contribution in [2.24, 2.45) is 0 Å². The summed E-state index contributed by atoms with van der Waals surface area (Å²) in [5.41, 5.74) is 0.420. The van der Waals surface area contributed by atoms with Crippen molar-refractivity contribution in [2.45, 2.75) is 5.92 Å². The largest absolute Gasteiger partial charge is 1.00 e. The molecule has 70 valence electrons. The van der Waals surface area contributed by atoms with Gasteiger partial charge in [-0.25, -0.2) is 0 Å². The van der Waals surface area contributed by atoms with Gasteiger partial charge in [0.2, 0.25) is 0 Å². The smallest absolute Gasteiger partial charge is 1.00 e. The van der Waals surface area contributed by atoms with E-state index in [1.807, 2.05) is 0 Å². The molecule has 1 aromatic carbocycles. The summed E-state index contributed by atoms with van der Waals surface area (Å²) in [6, 6.07) is 8.94. The molecule has 0 aliphatic heterocycles. The average molecular weight is 211 g/mol. The van der Waals surface area contributed by atoms with Crippen LogP contribution in [0.3, 0.4) is 0 Å². The molecule has 1 rings (SSSR count). The molecule has 0 fully saturated rings. The van der Waals surface area contributed by atoms with Crippen LogP contribution in [0.5, 0.6) is 0 Å². The quantitative estimate of drug-likeness (QED) is 0.350. The third-order valence-electron chi connectivity index (χ3n) is 1.70. The van der Waals surface area contributed by atoms with Gasteiger partial charge in [-0.05, 0) is 17.7 Å². The Morgan fingerprint density at radius 3 is 2.07 bits per heavy atom. The monoisotopic (exact) mass is 211 g/mol. The van der Waals surface area contributed by atoms with Crippen LogP contribution in [-0.4, -0.2) is 4.92 Å². The zero-order chi connectivity index (χ0) is 10.6. The van der Waals surface area contributed by atoms with Crippen LogP contribution >= 0.6 is 0 Å². The maximum Gasteiger partial charge on any atom is 1.00 e. The fourth-order valence-corrected chi connectivity index (χ4v) is 0.966. The van der Waals surface area contributed by atoms with E-state index in [1.54, 1.807) is 12.1 Å². The first-order valence-electron chi connectivity index (χ1n) is 3.72. The molecule has 0 amide bonds. The van der Waals surface area contributed by atoms with Crippen LogP contribution in [0.4, 0.5) is 5.69 Å². The number of non-ortho nitro benzene ring substituents is 1. The first-order chi connectivity index (χ1) is 6.69. The Bertz CT molecular complexity index is 422. The molecule has 0 bridgehead atoms. The molecular formula is C9H6N3NaO2. The molecule has 0 saturated heterocycles. The molecule has 15 heavy (non-hydrogen) atoms. The number of nitro groups is 1. The number of nitriles is 2. The molecule has 0 heterocycles. The van der Waals surface area contributed by atoms with Gasteiger partial charge in [-0.15, -0.1) is 0 Å². The van der Waals surface area contributed by atoms with E-state index in [1.165, 1.54) is 24.3 Å². The van der Waals surface area contributed by atoms with Crippen molar-refractivity contribution >= 4 is 5.69 Å². The molecule has 0 radical (unpaired) electrons. The molecule has 5 nitrogen and oxygen atoms in total. The third-order valence-corrected chi connectivity index (χ3v) is 1.70. The molecule has 6 heteroatoms. The number of nitrogens with zero attached hydrogens (tertiary/aromatic N) is 3. The van der Waals surface area contributed by atoms with Crippen LogP contribution in [0.25, 0.3) is 0 Å². The molecule has 0 aliphatic carbocycles. The Morgan fingerprint density at radius 2 is 1.73 bits per heavy atom. The van der Waals surface area contributed by atoms with E-state index in [4.69, 9.17) is 10.5 Å². The number of hydrogen-bond donors (Lipinski definition) is 0. The second-order valence-electron chi connectivity index (χ2n) is 2.54. The molecule has 0 N–H and O–H groups in total. The van der Waals surface area contributed by atoms with Crippen LogP contribution < -0.4 is 29.6 Å². The van der Waals surface area contributed by atoms with Gasteiger partial charge >= 0.3 is 29.6 Å². The van der Waals surface area contributed by atoms with E-state index >= 15 is 0 Å². The van der Waals surface area contributed by atoms with Crippen LogP contribution in [0.2, 0.25) is 0 Å². The molecular weight excluding hydrogens is 205 g/mol. The van der Waals surface area contributed by atoms with Gasteiger partial charge in [0.25, 0.3) is 5.69 Å². The number of hydrogen-bond acceptors (Lipinski definition) is 4. The molecule has 1 aromatic rings. The van der Waals surface area contributed by atoms with Gasteiger partial charge in [-0.1, -0.05) is 0 Å². The molecule has 0 aromatic heterocycles. The van der Waals surface area contributed by atoms with Gasteiger partial charge in [0, 0.05) is 12.1 Å². The van der Waals surface area contributed by atoms with Gasteiger partial charge in [0.15, 0.2) is 5.92 Å². The van der Waals surface area contributed by atoms with Gasteiger partial charge in [-0.2, -0.15) is 10.5 Å². The fourth-order valence-electron chi connectivity index (χ4n) is 0.966. The Hall–Kier alpha value is -1.40. The predicted octanol–water partition coefficient (Wildman–Crippen LogP) is -1.16. The summed E-state index contributed by atoms with van der Waals surface area (Å²) in [5.74, 6) is -0.865. The summed E-state index contributed by atoms with van der Waals surface area (Å²) in [6.07, 6.45) is 0. The van der Waals surface area contributed by atoms with E-state index < -0.39 is 10.8 Å². The van der Waals surface area contributed by atoms with Crippen molar-refractivity contribution in [3.63, 3.8) is 0 Å². The molecule has 0 aliphatic rings. The fraction of sp³-hybridized carbons (Fsp3) is 0.111. The predicted molar refractivity (Wildman–Crippen MR) is 48.2 cm³/mol. The first kappa shape index (κ1) is 13.6. The Morgan fingerprint density at radius 1 is 1.27 bits per heavy atom. The summed E-state index contributed by atoms with van der Waals surface area (Å²) < 4.78 is 0. The van der Waals surface area contributed by atoms with E-state index in [2.05, 4.69) is 0 Å². The molecule has 0 atom stereocenters. The minimum atomic E-state index is -0.865. The van der Waals surface area contributed by atoms with E-state index in [9.17, 15) is 10.1 Å². The van der Waals surface area contributed by atoms with E-state index in [-0.39, 0.29) is 36.7 Å². The zero-order valence-corrected chi connectivity index (χ0v) is 10.0. The van der Waals surface area contributed by atoms with Crippen molar-refractivity contribution in [1.82, 2.24) is 0 Å². The van der Waals surface area contributed by atoms with E-state index in [0.29, 0.717) is 5.56 Å². The molecule has 0 spiro atoms. The summed E-state index contributed by atoms with van der Waals surface area (Å²) in [7, 11) is 0. The van der Waals surface area contributed by atoms with Gasteiger partial charge < -0.3 is 1.43 Å². The zero-order valence-electron chi connectivity index (χ0n) is 9.04. The van der Waals surface area contributed by atoms with Gasteiger partial charge in [-0.3, -0.25) is 10.1 Å².